The van der Waals surface area contributed by atoms with E-state index in [0.29, 0.717) is 0 Å². The van der Waals surface area contributed by atoms with Crippen molar-refractivity contribution in [3.8, 4) is 0 Å². The van der Waals surface area contributed by atoms with Crippen LogP contribution in [0.3, 0.4) is 0 Å². The molecule has 0 spiro atoms. The molecule has 0 bridgehead atoms. The second-order valence-corrected chi connectivity index (χ2v) is 3.44. The van der Waals surface area contributed by atoms with Crippen molar-refractivity contribution in [2.24, 2.45) is 0 Å². The molecule has 0 aromatic rings. The Hall–Kier alpha value is 0.759. The van der Waals surface area contributed by atoms with Crippen LogP contribution in [-0.4, -0.2) is 22.3 Å². The third-order valence-electron chi connectivity index (χ3n) is 1.63. The van der Waals surface area contributed by atoms with E-state index in [4.69, 9.17) is 12.2 Å². The SMILES string of the molecule is S=C(S)N1CCCCC1.[Mn+2]. The number of piperidine rings is 1. The molecule has 1 radical (unpaired) electrons. The van der Waals surface area contributed by atoms with Crippen LogP contribution in [0.5, 0.6) is 0 Å². The van der Waals surface area contributed by atoms with E-state index >= 15 is 0 Å². The Bertz CT molecular complexity index is 112. The summed E-state index contributed by atoms with van der Waals surface area (Å²) in [5.74, 6) is 0. The number of thiol groups is 1. The molecule has 0 N–H and O–H groups in total. The Morgan fingerprint density at radius 1 is 1.20 bits per heavy atom. The monoisotopic (exact) mass is 216 g/mol. The summed E-state index contributed by atoms with van der Waals surface area (Å²) in [6, 6.07) is 0. The molecule has 0 unspecified atom stereocenters. The molecule has 1 heterocycles. The topological polar surface area (TPSA) is 3.24 Å². The smallest absolute Gasteiger partial charge is 0.358 e. The van der Waals surface area contributed by atoms with Crippen LogP contribution >= 0.6 is 24.8 Å². The number of nitrogens with zero attached hydrogens (tertiary/aromatic N) is 1. The number of hydrogen-bond acceptors (Lipinski definition) is 1. The molecule has 10 heavy (non-hydrogen) atoms. The summed E-state index contributed by atoms with van der Waals surface area (Å²) in [6.45, 7) is 2.23. The van der Waals surface area contributed by atoms with E-state index in [1.54, 1.807) is 0 Å². The Balaban J connectivity index is 0.000000810. The van der Waals surface area contributed by atoms with E-state index in [-0.39, 0.29) is 17.1 Å². The summed E-state index contributed by atoms with van der Waals surface area (Å²) in [5.41, 5.74) is 0. The van der Waals surface area contributed by atoms with Gasteiger partial charge in [-0.2, -0.15) is 0 Å². The Labute approximate surface area is 83.4 Å². The van der Waals surface area contributed by atoms with Crippen molar-refractivity contribution in [3.05, 3.63) is 0 Å². The fraction of sp³-hybridized carbons (Fsp3) is 0.833. The largest absolute Gasteiger partial charge is 2.00 e. The summed E-state index contributed by atoms with van der Waals surface area (Å²) in [6.07, 6.45) is 3.91. The number of rotatable bonds is 0. The molecule has 57 valence electrons. The van der Waals surface area contributed by atoms with Crippen LogP contribution in [0.2, 0.25) is 0 Å². The van der Waals surface area contributed by atoms with Crippen LogP contribution in [0.15, 0.2) is 0 Å². The molecule has 1 aliphatic rings. The fourth-order valence-electron chi connectivity index (χ4n) is 1.09. The molecule has 4 heteroatoms. The van der Waals surface area contributed by atoms with Gasteiger partial charge in [-0.25, -0.2) is 0 Å². The second-order valence-electron chi connectivity index (χ2n) is 2.33. The molecule has 1 saturated heterocycles. The average molecular weight is 216 g/mol. The van der Waals surface area contributed by atoms with E-state index in [9.17, 15) is 0 Å². The van der Waals surface area contributed by atoms with E-state index in [2.05, 4.69) is 17.5 Å². The summed E-state index contributed by atoms with van der Waals surface area (Å²) in [7, 11) is 0. The molecular formula is C6H11MnNS2+2. The summed E-state index contributed by atoms with van der Waals surface area (Å²) in [5, 5.41) is 0. The molecule has 0 aromatic carbocycles. The first-order chi connectivity index (χ1) is 4.30. The Morgan fingerprint density at radius 2 is 1.70 bits per heavy atom. The quantitative estimate of drug-likeness (QED) is 0.373. The van der Waals surface area contributed by atoms with Gasteiger partial charge in [-0.15, -0.1) is 12.6 Å². The molecule has 0 saturated carbocycles. The zero-order valence-corrected chi connectivity index (χ0v) is 8.61. The first-order valence-electron chi connectivity index (χ1n) is 3.28. The predicted octanol–water partition coefficient (Wildman–Crippen LogP) is 1.68. The first kappa shape index (κ1) is 10.8. The van der Waals surface area contributed by atoms with Gasteiger partial charge in [-0.1, -0.05) is 12.2 Å². The second kappa shape index (κ2) is 5.42. The van der Waals surface area contributed by atoms with E-state index in [0.717, 1.165) is 17.4 Å². The zero-order valence-electron chi connectivity index (χ0n) is 5.72. The predicted molar refractivity (Wildman–Crippen MR) is 47.0 cm³/mol. The van der Waals surface area contributed by atoms with Gasteiger partial charge >= 0.3 is 17.1 Å². The third-order valence-corrected chi connectivity index (χ3v) is 2.17. The van der Waals surface area contributed by atoms with Gasteiger partial charge < -0.3 is 4.90 Å². The van der Waals surface area contributed by atoms with Crippen molar-refractivity contribution in [3.63, 3.8) is 0 Å². The zero-order chi connectivity index (χ0) is 6.69. The Morgan fingerprint density at radius 3 is 2.00 bits per heavy atom. The van der Waals surface area contributed by atoms with Crippen LogP contribution in [-0.2, 0) is 17.1 Å². The van der Waals surface area contributed by atoms with Crippen LogP contribution in [0.25, 0.3) is 0 Å². The fourth-order valence-corrected chi connectivity index (χ4v) is 1.47. The van der Waals surface area contributed by atoms with Crippen molar-refractivity contribution in [2.75, 3.05) is 13.1 Å². The normalized spacial score (nSPS) is 17.9. The number of likely N-dealkylation sites (tertiary alicyclic amines) is 1. The molecular weight excluding hydrogens is 205 g/mol. The molecule has 0 atom stereocenters. The minimum Gasteiger partial charge on any atom is -0.358 e. The van der Waals surface area contributed by atoms with Gasteiger partial charge in [0.1, 0.15) is 4.32 Å². The maximum atomic E-state index is 4.91. The van der Waals surface area contributed by atoms with Crippen LogP contribution in [0.1, 0.15) is 19.3 Å². The van der Waals surface area contributed by atoms with Crippen LogP contribution in [0, 0.1) is 0 Å². The standard InChI is InChI=1S/C6H11NS2.Mn/c8-6(9)7-4-2-1-3-5-7;/h1-5H2,(H,8,9);/q;+2. The van der Waals surface area contributed by atoms with Gasteiger partial charge in [-0.3, -0.25) is 0 Å². The molecule has 1 nitrogen and oxygen atoms in total. The Kier molecular flexibility index (Phi) is 5.83. The minimum atomic E-state index is 0. The first-order valence-corrected chi connectivity index (χ1v) is 4.14. The summed E-state index contributed by atoms with van der Waals surface area (Å²) in [4.78, 5) is 2.15. The number of thiocarbonyl (C=S) groups is 1. The van der Waals surface area contributed by atoms with E-state index in [1.165, 1.54) is 19.3 Å². The molecule has 1 aliphatic heterocycles. The van der Waals surface area contributed by atoms with Crippen molar-refractivity contribution in [2.45, 2.75) is 19.3 Å². The van der Waals surface area contributed by atoms with Crippen molar-refractivity contribution < 1.29 is 17.1 Å². The van der Waals surface area contributed by atoms with E-state index < -0.39 is 0 Å². The van der Waals surface area contributed by atoms with Crippen molar-refractivity contribution >= 4 is 29.2 Å². The summed E-state index contributed by atoms with van der Waals surface area (Å²) < 4.78 is 0.759. The maximum Gasteiger partial charge on any atom is 2.00 e. The molecule has 0 aromatic heterocycles. The molecule has 1 rings (SSSR count). The molecule has 0 aliphatic carbocycles. The van der Waals surface area contributed by atoms with Crippen LogP contribution < -0.4 is 0 Å². The maximum absolute atomic E-state index is 4.91. The van der Waals surface area contributed by atoms with Gasteiger partial charge in [0.15, 0.2) is 0 Å². The van der Waals surface area contributed by atoms with E-state index in [1.807, 2.05) is 0 Å². The van der Waals surface area contributed by atoms with Gasteiger partial charge in [-0.05, 0) is 19.3 Å². The van der Waals surface area contributed by atoms with Crippen molar-refractivity contribution in [1.29, 1.82) is 0 Å². The van der Waals surface area contributed by atoms with Gasteiger partial charge in [0.25, 0.3) is 0 Å². The minimum absolute atomic E-state index is 0. The summed E-state index contributed by atoms with van der Waals surface area (Å²) >= 11 is 9.00. The van der Waals surface area contributed by atoms with Crippen LogP contribution in [0.4, 0.5) is 0 Å². The average Bonchev–Trinajstić information content (AvgIpc) is 1.90. The van der Waals surface area contributed by atoms with Crippen molar-refractivity contribution in [1.82, 2.24) is 4.90 Å². The molecule has 1 fully saturated rings. The molecule has 0 amide bonds. The van der Waals surface area contributed by atoms with Gasteiger partial charge in [0.05, 0.1) is 0 Å². The third kappa shape index (κ3) is 3.24. The number of hydrogen-bond donors (Lipinski definition) is 1. The van der Waals surface area contributed by atoms with Gasteiger partial charge in [0.2, 0.25) is 0 Å². The van der Waals surface area contributed by atoms with Gasteiger partial charge in [0, 0.05) is 13.1 Å².